The predicted octanol–water partition coefficient (Wildman–Crippen LogP) is 2.89. The van der Waals surface area contributed by atoms with Gasteiger partial charge in [0.2, 0.25) is 5.91 Å². The third kappa shape index (κ3) is 3.23. The summed E-state index contributed by atoms with van der Waals surface area (Å²) in [4.78, 5) is 45.3. The van der Waals surface area contributed by atoms with Gasteiger partial charge >= 0.3 is 5.97 Å². The molecular formula is C19H18ClN3O5S2. The number of carboxylic acids is 1. The van der Waals surface area contributed by atoms with E-state index in [4.69, 9.17) is 11.6 Å². The van der Waals surface area contributed by atoms with Gasteiger partial charge in [-0.15, -0.1) is 23.1 Å². The van der Waals surface area contributed by atoms with Crippen LogP contribution in [0.4, 0.5) is 5.00 Å². The number of carbonyl (C=O) groups excluding carboxylic acids is 2. The molecule has 2 aromatic rings. The molecule has 0 spiro atoms. The fraction of sp³-hybridized carbons (Fsp3) is 0.368. The second kappa shape index (κ2) is 7.75. The molecule has 2 aliphatic rings. The van der Waals surface area contributed by atoms with Crippen molar-refractivity contribution in [2.45, 2.75) is 18.3 Å². The number of halogens is 1. The van der Waals surface area contributed by atoms with E-state index >= 15 is 0 Å². The molecule has 0 saturated carbocycles. The van der Waals surface area contributed by atoms with Gasteiger partial charge in [-0.3, -0.25) is 19.3 Å². The van der Waals surface area contributed by atoms with Crippen LogP contribution >= 0.6 is 34.7 Å². The molecule has 158 valence electrons. The molecule has 3 atom stereocenters. The lowest BCUT2D eigenvalue weighted by Gasteiger charge is -2.55. The van der Waals surface area contributed by atoms with Crippen LogP contribution in [-0.2, 0) is 19.2 Å². The minimum Gasteiger partial charge on any atom is -0.481 e. The largest absolute Gasteiger partial charge is 0.481 e. The number of aliphatic carboxylic acids is 1. The Labute approximate surface area is 185 Å². The maximum Gasteiger partial charge on any atom is 0.312 e. The monoisotopic (exact) mass is 467 g/mol. The van der Waals surface area contributed by atoms with Crippen molar-refractivity contribution in [2.75, 3.05) is 24.3 Å². The number of hydrogen-bond acceptors (Lipinski definition) is 7. The predicted molar refractivity (Wildman–Crippen MR) is 117 cm³/mol. The number of carboxylic acid groups (broad SMARTS) is 1. The van der Waals surface area contributed by atoms with Crippen LogP contribution in [0.15, 0.2) is 28.7 Å². The van der Waals surface area contributed by atoms with Crippen LogP contribution in [-0.4, -0.2) is 64.8 Å². The minimum atomic E-state index is -1.02. The number of nitrogens with zero attached hydrogens (tertiary/aromatic N) is 3. The van der Waals surface area contributed by atoms with Gasteiger partial charge in [-0.05, 0) is 13.0 Å². The molecular weight excluding hydrogens is 450 g/mol. The third-order valence-corrected chi connectivity index (χ3v) is 8.28. The average molecular weight is 468 g/mol. The van der Waals surface area contributed by atoms with E-state index in [2.05, 4.69) is 9.99 Å². The van der Waals surface area contributed by atoms with E-state index in [1.54, 1.807) is 19.1 Å². The number of rotatable bonds is 5. The van der Waals surface area contributed by atoms with Gasteiger partial charge in [-0.1, -0.05) is 28.9 Å². The summed E-state index contributed by atoms with van der Waals surface area (Å²) in [6, 6.07) is 4.64. The van der Waals surface area contributed by atoms with E-state index < -0.39 is 23.3 Å². The van der Waals surface area contributed by atoms with Crippen molar-refractivity contribution >= 4 is 74.5 Å². The lowest BCUT2D eigenvalue weighted by molar-refractivity contribution is -0.156. The van der Waals surface area contributed by atoms with Crippen molar-refractivity contribution in [1.29, 1.82) is 0 Å². The van der Waals surface area contributed by atoms with Crippen molar-refractivity contribution in [1.82, 2.24) is 4.90 Å². The molecule has 0 bridgehead atoms. The number of β-lactam (4-membered cyclic amide) rings is 1. The molecule has 0 aliphatic carbocycles. The molecule has 2 amide bonds. The molecule has 11 heteroatoms. The molecule has 3 heterocycles. The van der Waals surface area contributed by atoms with E-state index in [-0.39, 0.29) is 17.8 Å². The van der Waals surface area contributed by atoms with Crippen LogP contribution in [0.5, 0.6) is 0 Å². The van der Waals surface area contributed by atoms with Gasteiger partial charge in [-0.2, -0.15) is 0 Å². The molecule has 2 aliphatic heterocycles. The van der Waals surface area contributed by atoms with Gasteiger partial charge in [0.15, 0.2) is 0 Å². The van der Waals surface area contributed by atoms with Crippen molar-refractivity contribution in [3.63, 3.8) is 0 Å². The number of anilines is 1. The van der Waals surface area contributed by atoms with Crippen LogP contribution in [0.3, 0.4) is 0 Å². The Bertz CT molecular complexity index is 1070. The van der Waals surface area contributed by atoms with Crippen molar-refractivity contribution < 1.29 is 24.3 Å². The van der Waals surface area contributed by atoms with Gasteiger partial charge in [0.25, 0.3) is 5.91 Å². The first-order chi connectivity index (χ1) is 14.3. The lowest BCUT2D eigenvalue weighted by Crippen LogP contribution is -2.74. The summed E-state index contributed by atoms with van der Waals surface area (Å²) >= 11 is 8.97. The van der Waals surface area contributed by atoms with E-state index in [0.29, 0.717) is 15.8 Å². The number of hydrogen-bond donors (Lipinski definition) is 1. The van der Waals surface area contributed by atoms with Crippen molar-refractivity contribution in [2.24, 2.45) is 10.6 Å². The zero-order valence-electron chi connectivity index (χ0n) is 16.1. The quantitative estimate of drug-likeness (QED) is 0.412. The number of oxime groups is 1. The maximum absolute atomic E-state index is 13.1. The Morgan fingerprint density at radius 1 is 1.43 bits per heavy atom. The summed E-state index contributed by atoms with van der Waals surface area (Å²) in [5.41, 5.74) is -1.02. The van der Waals surface area contributed by atoms with E-state index in [9.17, 15) is 19.5 Å². The van der Waals surface area contributed by atoms with Crippen molar-refractivity contribution in [3.8, 4) is 0 Å². The molecule has 1 aromatic carbocycles. The van der Waals surface area contributed by atoms with Crippen LogP contribution in [0.1, 0.15) is 6.92 Å². The van der Waals surface area contributed by atoms with Gasteiger partial charge in [0.1, 0.15) is 29.7 Å². The second-order valence-electron chi connectivity index (χ2n) is 7.35. The van der Waals surface area contributed by atoms with Gasteiger partial charge < -0.3 is 14.8 Å². The molecule has 0 radical (unpaired) electrons. The molecule has 2 unspecified atom stereocenters. The molecule has 2 fully saturated rings. The number of thioether (sulfide) groups is 1. The highest BCUT2D eigenvalue weighted by atomic mass is 35.5. The Morgan fingerprint density at radius 2 is 2.20 bits per heavy atom. The van der Waals surface area contributed by atoms with Crippen LogP contribution in [0.2, 0.25) is 5.02 Å². The van der Waals surface area contributed by atoms with E-state index in [1.807, 2.05) is 11.4 Å². The molecule has 1 N–H and O–H groups in total. The maximum atomic E-state index is 13.1. The fourth-order valence-corrected chi connectivity index (χ4v) is 6.58. The zero-order chi connectivity index (χ0) is 21.6. The second-order valence-corrected chi connectivity index (χ2v) is 9.72. The SMILES string of the molecule is CON=CC(=O)N(c1scc2c(Cl)cccc12)C1C(=O)N2CC(C)(C(=O)O)CS[C@H]12. The Morgan fingerprint density at radius 3 is 2.90 bits per heavy atom. The number of amides is 2. The first kappa shape index (κ1) is 21.0. The summed E-state index contributed by atoms with van der Waals surface area (Å²) in [6.45, 7) is 1.74. The van der Waals surface area contributed by atoms with Gasteiger partial charge in [-0.25, -0.2) is 0 Å². The molecule has 30 heavy (non-hydrogen) atoms. The van der Waals surface area contributed by atoms with Crippen LogP contribution in [0, 0.1) is 5.41 Å². The Balaban J connectivity index is 1.72. The van der Waals surface area contributed by atoms with Crippen LogP contribution in [0.25, 0.3) is 10.8 Å². The highest BCUT2D eigenvalue weighted by Crippen LogP contribution is 2.47. The number of benzene rings is 1. The first-order valence-electron chi connectivity index (χ1n) is 8.99. The molecule has 8 nitrogen and oxygen atoms in total. The number of fused-ring (bicyclic) bond motifs is 2. The van der Waals surface area contributed by atoms with Crippen molar-refractivity contribution in [3.05, 3.63) is 28.6 Å². The summed E-state index contributed by atoms with van der Waals surface area (Å²) < 4.78 is 0. The summed E-state index contributed by atoms with van der Waals surface area (Å²) in [5.74, 6) is -1.38. The summed E-state index contributed by atoms with van der Waals surface area (Å²) in [5, 5.41) is 17.3. The molecule has 1 aromatic heterocycles. The first-order valence-corrected chi connectivity index (χ1v) is 11.3. The minimum absolute atomic E-state index is 0.112. The van der Waals surface area contributed by atoms with Gasteiger partial charge in [0.05, 0.1) is 5.41 Å². The third-order valence-electron chi connectivity index (χ3n) is 5.30. The van der Waals surface area contributed by atoms with E-state index in [1.165, 1.54) is 40.0 Å². The van der Waals surface area contributed by atoms with Crippen LogP contribution < -0.4 is 4.90 Å². The fourth-order valence-electron chi connectivity index (χ4n) is 3.64. The summed E-state index contributed by atoms with van der Waals surface area (Å²) in [6.07, 6.45) is 1.03. The average Bonchev–Trinajstić information content (AvgIpc) is 3.15. The molecule has 2 saturated heterocycles. The molecule has 4 rings (SSSR count). The Hall–Kier alpha value is -2.30. The van der Waals surface area contributed by atoms with E-state index in [0.717, 1.165) is 17.0 Å². The lowest BCUT2D eigenvalue weighted by atomic mass is 9.89. The highest BCUT2D eigenvalue weighted by Gasteiger charge is 2.58. The van der Waals surface area contributed by atoms with Gasteiger partial charge in [0, 0.05) is 33.5 Å². The Kier molecular flexibility index (Phi) is 5.41. The highest BCUT2D eigenvalue weighted by molar-refractivity contribution is 8.00. The standard InChI is InChI=1S/C19H18ClN3O5S2/c1-19(18(26)27)8-22-15(25)14(17(22)30-9-19)23(13(24)6-21-28-2)16-10-4-3-5-12(20)11(10)7-29-16/h3-7,14,17H,8-9H2,1-2H3,(H,26,27)/t14?,17-,19?/m1/s1. The number of thiophene rings is 1. The zero-order valence-corrected chi connectivity index (χ0v) is 18.5. The normalized spacial score (nSPS) is 25.8. The smallest absolute Gasteiger partial charge is 0.312 e. The topological polar surface area (TPSA) is 99.5 Å². The number of carbonyl (C=O) groups is 3. The summed E-state index contributed by atoms with van der Waals surface area (Å²) in [7, 11) is 1.33.